The van der Waals surface area contributed by atoms with E-state index in [2.05, 4.69) is 37.2 Å². The van der Waals surface area contributed by atoms with Crippen LogP contribution in [0.25, 0.3) is 0 Å². The van der Waals surface area contributed by atoms with E-state index in [1.165, 1.54) is 0 Å². The van der Waals surface area contributed by atoms with Crippen molar-refractivity contribution in [2.45, 2.75) is 18.2 Å². The van der Waals surface area contributed by atoms with Crippen molar-refractivity contribution in [3.8, 4) is 0 Å². The number of hydrogen-bond acceptors (Lipinski definition) is 1. The summed E-state index contributed by atoms with van der Waals surface area (Å²) in [7, 11) is 0. The van der Waals surface area contributed by atoms with Gasteiger partial charge in [0.15, 0.2) is 0 Å². The van der Waals surface area contributed by atoms with E-state index in [1.54, 1.807) is 18.2 Å². The first-order chi connectivity index (χ1) is 7.50. The van der Waals surface area contributed by atoms with Gasteiger partial charge in [-0.15, -0.1) is 0 Å². The summed E-state index contributed by atoms with van der Waals surface area (Å²) in [5.41, 5.74) is 0.498. The second-order valence-corrected chi connectivity index (χ2v) is 6.34. The van der Waals surface area contributed by atoms with Gasteiger partial charge in [0.1, 0.15) is 0 Å². The van der Waals surface area contributed by atoms with Gasteiger partial charge in [0.25, 0.3) is 5.91 Å². The number of carbonyl (C=O) groups is 1. The fourth-order valence-corrected chi connectivity index (χ4v) is 1.94. The van der Waals surface area contributed by atoms with E-state index in [-0.39, 0.29) is 5.91 Å². The van der Waals surface area contributed by atoms with E-state index in [9.17, 15) is 4.79 Å². The Labute approximate surface area is 117 Å². The Balaban J connectivity index is 2.62. The summed E-state index contributed by atoms with van der Waals surface area (Å²) in [6.07, 6.45) is 0.886. The van der Waals surface area contributed by atoms with Crippen LogP contribution in [0, 0.1) is 0 Å². The minimum Gasteiger partial charge on any atom is -0.352 e. The molecule has 5 heteroatoms. The second-order valence-electron chi connectivity index (χ2n) is 3.45. The first kappa shape index (κ1) is 14.0. The molecule has 0 aromatic heterocycles. The van der Waals surface area contributed by atoms with Crippen molar-refractivity contribution in [3.05, 3.63) is 33.3 Å². The molecule has 0 fully saturated rings. The van der Waals surface area contributed by atoms with Crippen molar-refractivity contribution in [1.29, 1.82) is 0 Å². The summed E-state index contributed by atoms with van der Waals surface area (Å²) in [5.74, 6) is -0.139. The second kappa shape index (κ2) is 6.62. The monoisotopic (exact) mass is 367 g/mol. The van der Waals surface area contributed by atoms with Gasteiger partial charge in [-0.05, 0) is 24.6 Å². The smallest absolute Gasteiger partial charge is 0.252 e. The average molecular weight is 369 g/mol. The molecule has 0 aliphatic heterocycles. The Morgan fingerprint density at radius 3 is 2.88 bits per heavy atom. The molecule has 0 spiro atoms. The van der Waals surface area contributed by atoms with Crippen molar-refractivity contribution in [2.75, 3.05) is 6.54 Å². The fourth-order valence-electron chi connectivity index (χ4n) is 1.15. The zero-order valence-electron chi connectivity index (χ0n) is 8.77. The van der Waals surface area contributed by atoms with Gasteiger partial charge in [0.05, 0.1) is 10.6 Å². The van der Waals surface area contributed by atoms with Crippen LogP contribution in [0.3, 0.4) is 0 Å². The standard InChI is InChI=1S/C11H12Br2ClNO/c1-7(12)4-5-15-11(16)9-6-8(13)2-3-10(9)14/h2-3,6-7H,4-5H2,1H3,(H,15,16). The molecule has 0 saturated heterocycles. The minimum atomic E-state index is -0.139. The molecule has 0 bridgehead atoms. The van der Waals surface area contributed by atoms with Gasteiger partial charge in [-0.2, -0.15) is 0 Å². The van der Waals surface area contributed by atoms with Gasteiger partial charge in [0, 0.05) is 15.8 Å². The molecule has 0 aliphatic rings. The molecule has 16 heavy (non-hydrogen) atoms. The lowest BCUT2D eigenvalue weighted by Crippen LogP contribution is -2.25. The van der Waals surface area contributed by atoms with E-state index in [0.717, 1.165) is 10.9 Å². The highest BCUT2D eigenvalue weighted by molar-refractivity contribution is 9.10. The van der Waals surface area contributed by atoms with E-state index in [1.807, 2.05) is 6.92 Å². The van der Waals surface area contributed by atoms with Crippen LogP contribution in [-0.4, -0.2) is 17.3 Å². The van der Waals surface area contributed by atoms with E-state index >= 15 is 0 Å². The first-order valence-electron chi connectivity index (χ1n) is 4.88. The fraction of sp³-hybridized carbons (Fsp3) is 0.364. The zero-order valence-corrected chi connectivity index (χ0v) is 12.7. The summed E-state index contributed by atoms with van der Waals surface area (Å²) in [6.45, 7) is 2.67. The molecule has 0 heterocycles. The molecule has 0 radical (unpaired) electrons. The Hall–Kier alpha value is -0.0600. The SMILES string of the molecule is CC(Br)CCNC(=O)c1cc(Br)ccc1Cl. The van der Waals surface area contributed by atoms with Crippen LogP contribution < -0.4 is 5.32 Å². The number of rotatable bonds is 4. The number of alkyl halides is 1. The van der Waals surface area contributed by atoms with E-state index in [4.69, 9.17) is 11.6 Å². The van der Waals surface area contributed by atoms with E-state index in [0.29, 0.717) is 22.0 Å². The predicted molar refractivity (Wildman–Crippen MR) is 74.5 cm³/mol. The summed E-state index contributed by atoms with van der Waals surface area (Å²) in [6, 6.07) is 5.22. The Morgan fingerprint density at radius 2 is 2.25 bits per heavy atom. The molecule has 2 nitrogen and oxygen atoms in total. The van der Waals surface area contributed by atoms with Crippen molar-refractivity contribution in [1.82, 2.24) is 5.32 Å². The van der Waals surface area contributed by atoms with Crippen LogP contribution in [0.1, 0.15) is 23.7 Å². The number of halogens is 3. The van der Waals surface area contributed by atoms with Crippen LogP contribution in [-0.2, 0) is 0 Å². The van der Waals surface area contributed by atoms with Crippen LogP contribution >= 0.6 is 43.5 Å². The third-order valence-electron chi connectivity index (χ3n) is 2.00. The molecule has 0 saturated carbocycles. The normalized spacial score (nSPS) is 12.2. The van der Waals surface area contributed by atoms with Gasteiger partial charge < -0.3 is 5.32 Å². The number of amides is 1. The number of nitrogens with one attached hydrogen (secondary N) is 1. The number of carbonyl (C=O) groups excluding carboxylic acids is 1. The summed E-state index contributed by atoms with van der Waals surface area (Å²) in [4.78, 5) is 12.2. The summed E-state index contributed by atoms with van der Waals surface area (Å²) < 4.78 is 0.843. The highest BCUT2D eigenvalue weighted by atomic mass is 79.9. The highest BCUT2D eigenvalue weighted by Crippen LogP contribution is 2.20. The molecule has 1 unspecified atom stereocenters. The van der Waals surface area contributed by atoms with Crippen molar-refractivity contribution in [2.24, 2.45) is 0 Å². The van der Waals surface area contributed by atoms with Gasteiger partial charge in [-0.1, -0.05) is 50.4 Å². The predicted octanol–water partition coefficient (Wildman–Crippen LogP) is 4.01. The third-order valence-corrected chi connectivity index (χ3v) is 3.28. The summed E-state index contributed by atoms with van der Waals surface area (Å²) >= 11 is 12.7. The third kappa shape index (κ3) is 4.44. The molecule has 1 atom stereocenters. The topological polar surface area (TPSA) is 29.1 Å². The molecule has 1 aromatic rings. The first-order valence-corrected chi connectivity index (χ1v) is 6.96. The molecule has 0 aliphatic carbocycles. The largest absolute Gasteiger partial charge is 0.352 e. The van der Waals surface area contributed by atoms with Crippen LogP contribution in [0.15, 0.2) is 22.7 Å². The Bertz CT molecular complexity index is 382. The Morgan fingerprint density at radius 1 is 1.56 bits per heavy atom. The van der Waals surface area contributed by atoms with E-state index < -0.39 is 0 Å². The van der Waals surface area contributed by atoms with Crippen molar-refractivity contribution in [3.63, 3.8) is 0 Å². The van der Waals surface area contributed by atoms with Crippen LogP contribution in [0.2, 0.25) is 5.02 Å². The van der Waals surface area contributed by atoms with Gasteiger partial charge in [-0.3, -0.25) is 4.79 Å². The number of benzene rings is 1. The van der Waals surface area contributed by atoms with Gasteiger partial charge in [0.2, 0.25) is 0 Å². The maximum Gasteiger partial charge on any atom is 0.252 e. The lowest BCUT2D eigenvalue weighted by atomic mass is 10.2. The van der Waals surface area contributed by atoms with Crippen molar-refractivity contribution >= 4 is 49.4 Å². The molecule has 1 amide bonds. The van der Waals surface area contributed by atoms with Crippen molar-refractivity contribution < 1.29 is 4.79 Å². The number of hydrogen-bond donors (Lipinski definition) is 1. The lowest BCUT2D eigenvalue weighted by Gasteiger charge is -2.08. The highest BCUT2D eigenvalue weighted by Gasteiger charge is 2.10. The molecule has 1 aromatic carbocycles. The van der Waals surface area contributed by atoms with Gasteiger partial charge >= 0.3 is 0 Å². The molecule has 1 N–H and O–H groups in total. The Kier molecular flexibility index (Phi) is 5.79. The average Bonchev–Trinajstić information content (AvgIpc) is 2.21. The molecular weight excluding hydrogens is 357 g/mol. The summed E-state index contributed by atoms with van der Waals surface area (Å²) in [5, 5.41) is 3.29. The zero-order chi connectivity index (χ0) is 12.1. The maximum absolute atomic E-state index is 11.8. The maximum atomic E-state index is 11.8. The molecule has 88 valence electrons. The quantitative estimate of drug-likeness (QED) is 0.799. The minimum absolute atomic E-state index is 0.139. The molecule has 1 rings (SSSR count). The van der Waals surface area contributed by atoms with Crippen LogP contribution in [0.5, 0.6) is 0 Å². The van der Waals surface area contributed by atoms with Crippen LogP contribution in [0.4, 0.5) is 0 Å². The van der Waals surface area contributed by atoms with Gasteiger partial charge in [-0.25, -0.2) is 0 Å². The molecular formula is C11H12Br2ClNO. The lowest BCUT2D eigenvalue weighted by molar-refractivity contribution is 0.0953.